The van der Waals surface area contributed by atoms with Gasteiger partial charge in [0.15, 0.2) is 11.6 Å². The number of rotatable bonds is 2. The maximum atomic E-state index is 13.9. The van der Waals surface area contributed by atoms with Crippen LogP contribution in [0.4, 0.5) is 19.0 Å². The third kappa shape index (κ3) is 2.35. The summed E-state index contributed by atoms with van der Waals surface area (Å²) in [5.74, 6) is -1.92. The molecule has 1 heterocycles. The normalized spacial score (nSPS) is 10.8. The van der Waals surface area contributed by atoms with E-state index in [0.717, 1.165) is 12.1 Å². The van der Waals surface area contributed by atoms with Crippen molar-refractivity contribution in [1.29, 1.82) is 0 Å². The molecule has 2 aromatic carbocycles. The van der Waals surface area contributed by atoms with Crippen molar-refractivity contribution in [3.8, 4) is 22.5 Å². The molecule has 6 heteroatoms. The summed E-state index contributed by atoms with van der Waals surface area (Å²) in [6.07, 6.45) is 0. The van der Waals surface area contributed by atoms with Gasteiger partial charge in [-0.3, -0.25) is 0 Å². The average molecular weight is 290 g/mol. The van der Waals surface area contributed by atoms with Crippen LogP contribution in [0, 0.1) is 17.5 Å². The van der Waals surface area contributed by atoms with Crippen molar-refractivity contribution in [2.45, 2.75) is 0 Å². The van der Waals surface area contributed by atoms with Crippen LogP contribution in [0.1, 0.15) is 0 Å². The number of nitrogen functional groups attached to an aromatic ring is 1. The highest BCUT2D eigenvalue weighted by atomic mass is 19.1. The molecule has 0 atom stereocenters. The molecule has 3 nitrogen and oxygen atoms in total. The third-order valence-corrected chi connectivity index (χ3v) is 3.01. The van der Waals surface area contributed by atoms with Crippen LogP contribution in [0.25, 0.3) is 22.5 Å². The first-order valence-electron chi connectivity index (χ1n) is 6.03. The second-order valence-corrected chi connectivity index (χ2v) is 4.41. The maximum Gasteiger partial charge on any atom is 0.177 e. The summed E-state index contributed by atoms with van der Waals surface area (Å²) in [7, 11) is 0. The van der Waals surface area contributed by atoms with Gasteiger partial charge in [-0.1, -0.05) is 17.3 Å². The fourth-order valence-electron chi connectivity index (χ4n) is 2.08. The monoisotopic (exact) mass is 290 g/mol. The van der Waals surface area contributed by atoms with E-state index in [9.17, 15) is 13.2 Å². The molecule has 0 aliphatic rings. The Bertz CT molecular complexity index is 814. The molecule has 0 amide bonds. The second kappa shape index (κ2) is 4.97. The van der Waals surface area contributed by atoms with Crippen LogP contribution in [-0.4, -0.2) is 5.16 Å². The second-order valence-electron chi connectivity index (χ2n) is 4.41. The molecule has 0 aliphatic heterocycles. The first kappa shape index (κ1) is 13.2. The van der Waals surface area contributed by atoms with Crippen molar-refractivity contribution in [1.82, 2.24) is 5.16 Å². The third-order valence-electron chi connectivity index (χ3n) is 3.01. The zero-order chi connectivity index (χ0) is 15.0. The summed E-state index contributed by atoms with van der Waals surface area (Å²) in [6.45, 7) is 0. The lowest BCUT2D eigenvalue weighted by atomic mass is 10.0. The van der Waals surface area contributed by atoms with Gasteiger partial charge in [0.1, 0.15) is 17.5 Å². The van der Waals surface area contributed by atoms with Crippen molar-refractivity contribution in [3.05, 3.63) is 59.9 Å². The number of hydrogen-bond donors (Lipinski definition) is 1. The fraction of sp³-hybridized carbons (Fsp3) is 0. The highest BCUT2D eigenvalue weighted by Gasteiger charge is 2.21. The van der Waals surface area contributed by atoms with Crippen molar-refractivity contribution in [2.24, 2.45) is 0 Å². The molecule has 21 heavy (non-hydrogen) atoms. The van der Waals surface area contributed by atoms with E-state index in [1.54, 1.807) is 6.07 Å². The molecule has 0 spiro atoms. The molecule has 106 valence electrons. The van der Waals surface area contributed by atoms with Gasteiger partial charge in [0.05, 0.1) is 5.56 Å². The largest absolute Gasteiger partial charge is 0.380 e. The molecular weight excluding hydrogens is 281 g/mol. The van der Waals surface area contributed by atoms with E-state index >= 15 is 0 Å². The number of halogens is 3. The summed E-state index contributed by atoms with van der Waals surface area (Å²) in [5, 5.41) is 3.58. The van der Waals surface area contributed by atoms with Gasteiger partial charge in [0.2, 0.25) is 0 Å². The molecule has 0 bridgehead atoms. The number of nitrogens with zero attached hydrogens (tertiary/aromatic N) is 1. The average Bonchev–Trinajstić information content (AvgIpc) is 2.81. The molecular formula is C15H9F3N2O. The molecule has 0 saturated carbocycles. The van der Waals surface area contributed by atoms with Gasteiger partial charge in [-0.15, -0.1) is 0 Å². The predicted molar refractivity (Wildman–Crippen MR) is 71.7 cm³/mol. The SMILES string of the molecule is Nc1noc(-c2cccc(F)c2)c1-c1ccc(F)cc1F. The van der Waals surface area contributed by atoms with E-state index in [2.05, 4.69) is 5.16 Å². The Balaban J connectivity index is 2.22. The summed E-state index contributed by atoms with van der Waals surface area (Å²) in [5.41, 5.74) is 6.26. The molecule has 0 radical (unpaired) electrons. The van der Waals surface area contributed by atoms with Gasteiger partial charge in [-0.2, -0.15) is 0 Å². The molecule has 3 aromatic rings. The zero-order valence-electron chi connectivity index (χ0n) is 10.6. The number of anilines is 1. The van der Waals surface area contributed by atoms with Crippen LogP contribution in [0.15, 0.2) is 47.0 Å². The van der Waals surface area contributed by atoms with Gasteiger partial charge in [-0.25, -0.2) is 13.2 Å². The minimum atomic E-state index is -0.803. The summed E-state index contributed by atoms with van der Waals surface area (Å²) in [6, 6.07) is 8.60. The van der Waals surface area contributed by atoms with Crippen LogP contribution in [0.3, 0.4) is 0 Å². The predicted octanol–water partition coefficient (Wildman–Crippen LogP) is 4.01. The smallest absolute Gasteiger partial charge is 0.177 e. The molecule has 0 fully saturated rings. The maximum absolute atomic E-state index is 13.9. The van der Waals surface area contributed by atoms with Crippen molar-refractivity contribution >= 4 is 5.82 Å². The van der Waals surface area contributed by atoms with Gasteiger partial charge < -0.3 is 10.3 Å². The van der Waals surface area contributed by atoms with E-state index in [-0.39, 0.29) is 22.7 Å². The van der Waals surface area contributed by atoms with Crippen molar-refractivity contribution < 1.29 is 17.7 Å². The summed E-state index contributed by atoms with van der Waals surface area (Å²) >= 11 is 0. The van der Waals surface area contributed by atoms with Crippen LogP contribution < -0.4 is 5.73 Å². The Morgan fingerprint density at radius 3 is 2.43 bits per heavy atom. The Labute approximate surface area is 117 Å². The molecule has 0 saturated heterocycles. The van der Waals surface area contributed by atoms with E-state index in [0.29, 0.717) is 5.56 Å². The van der Waals surface area contributed by atoms with Gasteiger partial charge in [0.25, 0.3) is 0 Å². The first-order chi connectivity index (χ1) is 10.1. The topological polar surface area (TPSA) is 52.0 Å². The number of benzene rings is 2. The minimum absolute atomic E-state index is 0.0365. The number of aromatic nitrogens is 1. The molecule has 3 rings (SSSR count). The molecule has 2 N–H and O–H groups in total. The molecule has 0 aliphatic carbocycles. The fourth-order valence-corrected chi connectivity index (χ4v) is 2.08. The summed E-state index contributed by atoms with van der Waals surface area (Å²) in [4.78, 5) is 0. The highest BCUT2D eigenvalue weighted by molar-refractivity contribution is 5.86. The lowest BCUT2D eigenvalue weighted by Crippen LogP contribution is -1.92. The van der Waals surface area contributed by atoms with Crippen LogP contribution in [0.2, 0.25) is 0 Å². The number of nitrogens with two attached hydrogens (primary N) is 1. The Hall–Kier alpha value is -2.76. The number of hydrogen-bond acceptors (Lipinski definition) is 3. The van der Waals surface area contributed by atoms with Crippen molar-refractivity contribution in [3.63, 3.8) is 0 Å². The van der Waals surface area contributed by atoms with E-state index in [1.165, 1.54) is 24.3 Å². The Morgan fingerprint density at radius 1 is 0.952 bits per heavy atom. The van der Waals surface area contributed by atoms with E-state index in [1.807, 2.05) is 0 Å². The molecule has 0 unspecified atom stereocenters. The van der Waals surface area contributed by atoms with E-state index < -0.39 is 17.5 Å². The minimum Gasteiger partial charge on any atom is -0.380 e. The quantitative estimate of drug-likeness (QED) is 0.776. The highest BCUT2D eigenvalue weighted by Crippen LogP contribution is 2.38. The van der Waals surface area contributed by atoms with Crippen molar-refractivity contribution in [2.75, 3.05) is 5.73 Å². The Morgan fingerprint density at radius 2 is 1.71 bits per heavy atom. The summed E-state index contributed by atoms with van der Waals surface area (Å²) < 4.78 is 45.3. The lowest BCUT2D eigenvalue weighted by Gasteiger charge is -2.04. The van der Waals surface area contributed by atoms with E-state index in [4.69, 9.17) is 10.3 Å². The van der Waals surface area contributed by atoms with Gasteiger partial charge >= 0.3 is 0 Å². The van der Waals surface area contributed by atoms with Crippen LogP contribution in [-0.2, 0) is 0 Å². The lowest BCUT2D eigenvalue weighted by molar-refractivity contribution is 0.435. The van der Waals surface area contributed by atoms with Crippen LogP contribution >= 0.6 is 0 Å². The van der Waals surface area contributed by atoms with Gasteiger partial charge in [-0.05, 0) is 24.3 Å². The van der Waals surface area contributed by atoms with Gasteiger partial charge in [0, 0.05) is 17.2 Å². The standard InChI is InChI=1S/C15H9F3N2O/c16-9-3-1-2-8(6-9)14-13(15(19)20-21-14)11-5-4-10(17)7-12(11)18/h1-7H,(H2,19,20). The Kier molecular flexibility index (Phi) is 3.13. The first-order valence-corrected chi connectivity index (χ1v) is 6.03. The van der Waals surface area contributed by atoms with Crippen LogP contribution in [0.5, 0.6) is 0 Å². The zero-order valence-corrected chi connectivity index (χ0v) is 10.6. The molecule has 1 aromatic heterocycles.